The first-order valence-electron chi connectivity index (χ1n) is 10.0. The van der Waals surface area contributed by atoms with E-state index in [1.165, 1.54) is 24.2 Å². The van der Waals surface area contributed by atoms with Crippen LogP contribution in [0.25, 0.3) is 0 Å². The van der Waals surface area contributed by atoms with Gasteiger partial charge in [0.1, 0.15) is 5.82 Å². The van der Waals surface area contributed by atoms with E-state index >= 15 is 0 Å². The summed E-state index contributed by atoms with van der Waals surface area (Å²) in [6.45, 7) is 4.37. The van der Waals surface area contributed by atoms with Crippen LogP contribution in [0.4, 0.5) is 16.3 Å². The van der Waals surface area contributed by atoms with Crippen molar-refractivity contribution in [2.75, 3.05) is 37.4 Å². The largest absolute Gasteiger partial charge is 0.357 e. The molecule has 29 heavy (non-hydrogen) atoms. The van der Waals surface area contributed by atoms with Gasteiger partial charge in [-0.25, -0.2) is 9.78 Å². The van der Waals surface area contributed by atoms with Crippen LogP contribution in [0.2, 0.25) is 0 Å². The number of piperidine rings is 1. The summed E-state index contributed by atoms with van der Waals surface area (Å²) in [5.41, 5.74) is 3.06. The Kier molecular flexibility index (Phi) is 6.69. The van der Waals surface area contributed by atoms with Crippen molar-refractivity contribution in [2.45, 2.75) is 32.7 Å². The van der Waals surface area contributed by atoms with Crippen molar-refractivity contribution < 1.29 is 9.59 Å². The van der Waals surface area contributed by atoms with E-state index in [1.807, 2.05) is 25.1 Å². The molecule has 0 aliphatic carbocycles. The molecular weight excluding hydrogens is 366 g/mol. The zero-order chi connectivity index (χ0) is 20.8. The number of pyridine rings is 1. The average molecular weight is 396 g/mol. The van der Waals surface area contributed by atoms with Crippen molar-refractivity contribution in [3.8, 4) is 0 Å². The summed E-state index contributed by atoms with van der Waals surface area (Å²) < 4.78 is 0. The number of benzene rings is 1. The molecule has 0 spiro atoms. The van der Waals surface area contributed by atoms with Gasteiger partial charge in [0.05, 0.1) is 0 Å². The summed E-state index contributed by atoms with van der Waals surface area (Å²) in [5, 5.41) is 5.73. The molecule has 7 nitrogen and oxygen atoms in total. The number of carbonyl (C=O) groups excluding carboxylic acids is 2. The fraction of sp³-hybridized carbons (Fsp3) is 0.409. The molecule has 154 valence electrons. The van der Waals surface area contributed by atoms with Crippen LogP contribution in [0.5, 0.6) is 0 Å². The minimum Gasteiger partial charge on any atom is -0.357 e. The Morgan fingerprint density at radius 3 is 2.59 bits per heavy atom. The Morgan fingerprint density at radius 2 is 1.86 bits per heavy atom. The number of aryl methyl sites for hydroxylation is 1. The minimum absolute atomic E-state index is 0.101. The first kappa shape index (κ1) is 20.6. The Balaban J connectivity index is 1.60. The van der Waals surface area contributed by atoms with E-state index in [4.69, 9.17) is 0 Å². The number of hydrogen-bond donors (Lipinski definition) is 2. The highest BCUT2D eigenvalue weighted by atomic mass is 16.2. The molecule has 1 aliphatic rings. The summed E-state index contributed by atoms with van der Waals surface area (Å²) in [6.07, 6.45) is 5.46. The van der Waals surface area contributed by atoms with Gasteiger partial charge < -0.3 is 20.4 Å². The quantitative estimate of drug-likeness (QED) is 0.813. The zero-order valence-corrected chi connectivity index (χ0v) is 17.4. The number of rotatable bonds is 5. The molecule has 0 atom stereocenters. The molecule has 1 aromatic heterocycles. The number of anilines is 2. The molecule has 7 heteroatoms. The second kappa shape index (κ2) is 9.41. The summed E-state index contributed by atoms with van der Waals surface area (Å²) in [7, 11) is 3.41. The third-order valence-electron chi connectivity index (χ3n) is 5.08. The van der Waals surface area contributed by atoms with Crippen molar-refractivity contribution >= 4 is 23.4 Å². The molecular formula is C22H29N5O2. The van der Waals surface area contributed by atoms with Crippen molar-refractivity contribution in [3.05, 3.63) is 53.2 Å². The maximum Gasteiger partial charge on any atom is 0.319 e. The summed E-state index contributed by atoms with van der Waals surface area (Å²) >= 11 is 0. The van der Waals surface area contributed by atoms with Crippen LogP contribution in [0, 0.1) is 6.92 Å². The van der Waals surface area contributed by atoms with Crippen LogP contribution in [-0.4, -0.2) is 49.0 Å². The number of aromatic nitrogens is 1. The highest BCUT2D eigenvalue weighted by molar-refractivity contribution is 5.97. The van der Waals surface area contributed by atoms with Gasteiger partial charge in [0, 0.05) is 51.2 Å². The lowest BCUT2D eigenvalue weighted by Gasteiger charge is -2.27. The van der Waals surface area contributed by atoms with Gasteiger partial charge in [-0.05, 0) is 61.6 Å². The van der Waals surface area contributed by atoms with Crippen LogP contribution in [0.15, 0.2) is 36.5 Å². The summed E-state index contributed by atoms with van der Waals surface area (Å²) in [4.78, 5) is 32.8. The molecule has 2 aromatic rings. The second-order valence-corrected chi connectivity index (χ2v) is 7.61. The summed E-state index contributed by atoms with van der Waals surface area (Å²) in [6, 6.07) is 8.94. The number of urea groups is 1. The Labute approximate surface area is 172 Å². The van der Waals surface area contributed by atoms with E-state index in [9.17, 15) is 9.59 Å². The van der Waals surface area contributed by atoms with Crippen LogP contribution in [-0.2, 0) is 6.54 Å². The predicted octanol–water partition coefficient (Wildman–Crippen LogP) is 3.40. The van der Waals surface area contributed by atoms with Crippen LogP contribution >= 0.6 is 0 Å². The van der Waals surface area contributed by atoms with Crippen molar-refractivity contribution in [1.29, 1.82) is 0 Å². The number of hydrogen-bond acceptors (Lipinski definition) is 4. The minimum atomic E-state index is -0.307. The van der Waals surface area contributed by atoms with Gasteiger partial charge in [0.2, 0.25) is 0 Å². The molecule has 1 aromatic carbocycles. The Hall–Kier alpha value is -3.09. The first-order chi connectivity index (χ1) is 13.9. The lowest BCUT2D eigenvalue weighted by molar-refractivity contribution is 0.0827. The van der Waals surface area contributed by atoms with Gasteiger partial charge in [-0.3, -0.25) is 4.79 Å². The number of amides is 3. The van der Waals surface area contributed by atoms with Gasteiger partial charge >= 0.3 is 6.03 Å². The van der Waals surface area contributed by atoms with Gasteiger partial charge in [0.25, 0.3) is 5.91 Å². The fourth-order valence-corrected chi connectivity index (χ4v) is 3.36. The summed E-state index contributed by atoms with van der Waals surface area (Å²) in [5.74, 6) is 0.866. The smallest absolute Gasteiger partial charge is 0.319 e. The van der Waals surface area contributed by atoms with Crippen LogP contribution < -0.4 is 15.5 Å². The molecule has 0 radical (unpaired) electrons. The monoisotopic (exact) mass is 395 g/mol. The third kappa shape index (κ3) is 5.47. The molecule has 3 rings (SSSR count). The van der Waals surface area contributed by atoms with Crippen molar-refractivity contribution in [1.82, 2.24) is 15.2 Å². The maximum absolute atomic E-state index is 12.4. The van der Waals surface area contributed by atoms with Crippen molar-refractivity contribution in [2.24, 2.45) is 0 Å². The third-order valence-corrected chi connectivity index (χ3v) is 5.08. The van der Waals surface area contributed by atoms with E-state index in [1.54, 1.807) is 32.4 Å². The van der Waals surface area contributed by atoms with E-state index in [0.717, 1.165) is 30.0 Å². The number of nitrogens with one attached hydrogen (secondary N) is 2. The molecule has 2 heterocycles. The molecule has 1 aliphatic heterocycles. The molecule has 0 bridgehead atoms. The Bertz CT molecular complexity index is 875. The van der Waals surface area contributed by atoms with Gasteiger partial charge in [-0.2, -0.15) is 0 Å². The highest BCUT2D eigenvalue weighted by Gasteiger charge is 2.13. The predicted molar refractivity (Wildman–Crippen MR) is 115 cm³/mol. The lowest BCUT2D eigenvalue weighted by Crippen LogP contribution is -2.31. The molecule has 0 saturated carbocycles. The second-order valence-electron chi connectivity index (χ2n) is 7.61. The van der Waals surface area contributed by atoms with Gasteiger partial charge in [0.15, 0.2) is 0 Å². The molecule has 0 unspecified atom stereocenters. The fourth-order valence-electron chi connectivity index (χ4n) is 3.36. The molecule has 3 amide bonds. The highest BCUT2D eigenvalue weighted by Crippen LogP contribution is 2.19. The zero-order valence-electron chi connectivity index (χ0n) is 17.4. The number of carbonyl (C=O) groups is 2. The van der Waals surface area contributed by atoms with Gasteiger partial charge in [-0.1, -0.05) is 6.07 Å². The SMILES string of the molecule is Cc1ccc(C(=O)N(C)C)cc1NC(=O)NCc1ccnc(N2CCCCC2)c1. The average Bonchev–Trinajstić information content (AvgIpc) is 2.74. The number of nitrogens with zero attached hydrogens (tertiary/aromatic N) is 3. The molecule has 1 fully saturated rings. The van der Waals surface area contributed by atoms with Crippen LogP contribution in [0.1, 0.15) is 40.7 Å². The molecule has 2 N–H and O–H groups in total. The normalized spacial score (nSPS) is 13.7. The van der Waals surface area contributed by atoms with E-state index in [2.05, 4.69) is 20.5 Å². The van der Waals surface area contributed by atoms with E-state index in [-0.39, 0.29) is 11.9 Å². The van der Waals surface area contributed by atoms with E-state index in [0.29, 0.717) is 17.8 Å². The topological polar surface area (TPSA) is 77.6 Å². The van der Waals surface area contributed by atoms with E-state index < -0.39 is 0 Å². The van der Waals surface area contributed by atoms with Crippen LogP contribution in [0.3, 0.4) is 0 Å². The molecule has 1 saturated heterocycles. The lowest BCUT2D eigenvalue weighted by atomic mass is 10.1. The van der Waals surface area contributed by atoms with Crippen molar-refractivity contribution in [3.63, 3.8) is 0 Å². The first-order valence-corrected chi connectivity index (χ1v) is 10.0. The Morgan fingerprint density at radius 1 is 1.10 bits per heavy atom. The standard InChI is InChI=1S/C22H29N5O2/c1-16-7-8-18(21(28)26(2)3)14-19(16)25-22(29)24-15-17-9-10-23-20(13-17)27-11-5-4-6-12-27/h7-10,13-14H,4-6,11-12,15H2,1-3H3,(H2,24,25,29). The maximum atomic E-state index is 12.4. The van der Waals surface area contributed by atoms with Gasteiger partial charge in [-0.15, -0.1) is 0 Å².